The zero-order valence-electron chi connectivity index (χ0n) is 16.3. The molecule has 0 radical (unpaired) electrons. The highest BCUT2D eigenvalue weighted by molar-refractivity contribution is 14.0. The van der Waals surface area contributed by atoms with E-state index in [0.29, 0.717) is 24.8 Å². The van der Waals surface area contributed by atoms with Crippen molar-refractivity contribution in [2.75, 3.05) is 27.7 Å². The van der Waals surface area contributed by atoms with Crippen LogP contribution in [0.25, 0.3) is 0 Å². The third-order valence-electron chi connectivity index (χ3n) is 3.83. The molecule has 142 valence electrons. The molecule has 1 aromatic rings. The van der Waals surface area contributed by atoms with Gasteiger partial charge in [0.15, 0.2) is 5.96 Å². The zero-order chi connectivity index (χ0) is 18.1. The number of halogens is 1. The number of amides is 1. The number of guanidine groups is 1. The summed E-state index contributed by atoms with van der Waals surface area (Å²) in [4.78, 5) is 17.4. The van der Waals surface area contributed by atoms with Gasteiger partial charge in [0.1, 0.15) is 0 Å². The van der Waals surface area contributed by atoms with Gasteiger partial charge in [0.05, 0.1) is 6.04 Å². The molecular formula is C19H33IN4O. The van der Waals surface area contributed by atoms with E-state index in [1.807, 2.05) is 0 Å². The molecule has 25 heavy (non-hydrogen) atoms. The van der Waals surface area contributed by atoms with E-state index in [2.05, 4.69) is 60.7 Å². The van der Waals surface area contributed by atoms with Crippen molar-refractivity contribution in [2.45, 2.75) is 39.7 Å². The molecule has 0 aromatic heterocycles. The molecule has 0 saturated carbocycles. The minimum Gasteiger partial charge on any atom is -0.356 e. The standard InChI is InChI=1S/C19H32N4O.HI/c1-14(2)13-16-7-9-17(10-8-16)15(3)22-19(20-4)21-12-11-18(24)23(5)6;/h7-10,14-15H,11-13H2,1-6H3,(H2,20,21,22);1H. The van der Waals surface area contributed by atoms with Gasteiger partial charge in [0.2, 0.25) is 5.91 Å². The number of benzene rings is 1. The topological polar surface area (TPSA) is 56.7 Å². The molecule has 0 aliphatic rings. The minimum absolute atomic E-state index is 0. The van der Waals surface area contributed by atoms with Crippen molar-refractivity contribution in [1.29, 1.82) is 0 Å². The average Bonchev–Trinajstić information content (AvgIpc) is 2.53. The fraction of sp³-hybridized carbons (Fsp3) is 0.579. The second-order valence-corrected chi connectivity index (χ2v) is 6.74. The fourth-order valence-electron chi connectivity index (χ4n) is 2.41. The van der Waals surface area contributed by atoms with E-state index < -0.39 is 0 Å². The summed E-state index contributed by atoms with van der Waals surface area (Å²) in [5, 5.41) is 6.54. The summed E-state index contributed by atoms with van der Waals surface area (Å²) in [6, 6.07) is 8.86. The number of nitrogens with zero attached hydrogens (tertiary/aromatic N) is 2. The second-order valence-electron chi connectivity index (χ2n) is 6.74. The van der Waals surface area contributed by atoms with Gasteiger partial charge in [0, 0.05) is 34.1 Å². The van der Waals surface area contributed by atoms with Gasteiger partial charge in [-0.1, -0.05) is 38.1 Å². The quantitative estimate of drug-likeness (QED) is 0.373. The SMILES string of the molecule is CN=C(NCCC(=O)N(C)C)NC(C)c1ccc(CC(C)C)cc1.I. The predicted octanol–water partition coefficient (Wildman–Crippen LogP) is 3.21. The second kappa shape index (κ2) is 12.1. The summed E-state index contributed by atoms with van der Waals surface area (Å²) in [5.74, 6) is 1.48. The lowest BCUT2D eigenvalue weighted by Gasteiger charge is -2.19. The van der Waals surface area contributed by atoms with E-state index in [0.717, 1.165) is 6.42 Å². The molecule has 0 spiro atoms. The van der Waals surface area contributed by atoms with Gasteiger partial charge < -0.3 is 15.5 Å². The first kappa shape index (κ1) is 23.7. The van der Waals surface area contributed by atoms with E-state index in [9.17, 15) is 4.79 Å². The Hall–Kier alpha value is -1.31. The number of rotatable bonds is 7. The number of nitrogens with one attached hydrogen (secondary N) is 2. The number of aliphatic imine (C=N–C) groups is 1. The minimum atomic E-state index is 0. The lowest BCUT2D eigenvalue weighted by atomic mass is 10.00. The summed E-state index contributed by atoms with van der Waals surface area (Å²) in [6.07, 6.45) is 1.55. The number of hydrogen-bond acceptors (Lipinski definition) is 2. The Bertz CT molecular complexity index is 541. The largest absolute Gasteiger partial charge is 0.356 e. The van der Waals surface area contributed by atoms with Gasteiger partial charge in [0.25, 0.3) is 0 Å². The van der Waals surface area contributed by atoms with Gasteiger partial charge in [-0.15, -0.1) is 24.0 Å². The van der Waals surface area contributed by atoms with E-state index in [1.165, 1.54) is 11.1 Å². The van der Waals surface area contributed by atoms with Crippen LogP contribution < -0.4 is 10.6 Å². The molecule has 1 aromatic carbocycles. The Morgan fingerprint density at radius 1 is 1.16 bits per heavy atom. The zero-order valence-corrected chi connectivity index (χ0v) is 18.6. The van der Waals surface area contributed by atoms with Crippen LogP contribution >= 0.6 is 24.0 Å². The highest BCUT2D eigenvalue weighted by Gasteiger charge is 2.09. The Labute approximate surface area is 169 Å². The predicted molar refractivity (Wildman–Crippen MR) is 117 cm³/mol. The Morgan fingerprint density at radius 3 is 2.24 bits per heavy atom. The van der Waals surface area contributed by atoms with Crippen LogP contribution in [0.3, 0.4) is 0 Å². The Kier molecular flexibility index (Phi) is 11.5. The average molecular weight is 460 g/mol. The molecule has 0 heterocycles. The molecule has 0 bridgehead atoms. The molecule has 2 N–H and O–H groups in total. The molecule has 0 aliphatic carbocycles. The first-order valence-electron chi connectivity index (χ1n) is 8.59. The normalized spacial score (nSPS) is 12.4. The van der Waals surface area contributed by atoms with Crippen molar-refractivity contribution >= 4 is 35.8 Å². The molecule has 5 nitrogen and oxygen atoms in total. The molecule has 1 atom stereocenters. The maximum absolute atomic E-state index is 11.6. The number of carbonyl (C=O) groups excluding carboxylic acids is 1. The van der Waals surface area contributed by atoms with E-state index >= 15 is 0 Å². The van der Waals surface area contributed by atoms with Crippen molar-refractivity contribution in [3.05, 3.63) is 35.4 Å². The summed E-state index contributed by atoms with van der Waals surface area (Å²) >= 11 is 0. The van der Waals surface area contributed by atoms with Crippen LogP contribution in [0.1, 0.15) is 44.4 Å². The van der Waals surface area contributed by atoms with Crippen molar-refractivity contribution in [1.82, 2.24) is 15.5 Å². The van der Waals surface area contributed by atoms with Crippen molar-refractivity contribution < 1.29 is 4.79 Å². The van der Waals surface area contributed by atoms with Crippen molar-refractivity contribution in [3.63, 3.8) is 0 Å². The maximum atomic E-state index is 11.6. The van der Waals surface area contributed by atoms with Crippen LogP contribution in [0, 0.1) is 5.92 Å². The highest BCUT2D eigenvalue weighted by Crippen LogP contribution is 2.15. The molecule has 0 saturated heterocycles. The molecule has 1 unspecified atom stereocenters. The van der Waals surface area contributed by atoms with Crippen LogP contribution in [0.15, 0.2) is 29.3 Å². The maximum Gasteiger partial charge on any atom is 0.223 e. The third kappa shape index (κ3) is 9.09. The van der Waals surface area contributed by atoms with Crippen LogP contribution in [0.5, 0.6) is 0 Å². The summed E-state index contributed by atoms with van der Waals surface area (Å²) in [6.45, 7) is 7.13. The van der Waals surface area contributed by atoms with E-state index in [1.54, 1.807) is 26.0 Å². The number of hydrogen-bond donors (Lipinski definition) is 2. The fourth-order valence-corrected chi connectivity index (χ4v) is 2.41. The molecule has 1 rings (SSSR count). The smallest absolute Gasteiger partial charge is 0.223 e. The lowest BCUT2D eigenvalue weighted by molar-refractivity contribution is -0.128. The van der Waals surface area contributed by atoms with Gasteiger partial charge in [-0.2, -0.15) is 0 Å². The molecular weight excluding hydrogens is 427 g/mol. The first-order valence-corrected chi connectivity index (χ1v) is 8.59. The van der Waals surface area contributed by atoms with Gasteiger partial charge in [-0.05, 0) is 30.4 Å². The third-order valence-corrected chi connectivity index (χ3v) is 3.83. The summed E-state index contributed by atoms with van der Waals surface area (Å²) in [5.41, 5.74) is 2.58. The van der Waals surface area contributed by atoms with Gasteiger partial charge in [-0.25, -0.2) is 0 Å². The van der Waals surface area contributed by atoms with Crippen molar-refractivity contribution in [3.8, 4) is 0 Å². The molecule has 6 heteroatoms. The first-order chi connectivity index (χ1) is 11.3. The van der Waals surface area contributed by atoms with E-state index in [4.69, 9.17) is 0 Å². The highest BCUT2D eigenvalue weighted by atomic mass is 127. The molecule has 0 aliphatic heterocycles. The monoisotopic (exact) mass is 460 g/mol. The van der Waals surface area contributed by atoms with E-state index in [-0.39, 0.29) is 35.9 Å². The van der Waals surface area contributed by atoms with Crippen molar-refractivity contribution in [2.24, 2.45) is 10.9 Å². The summed E-state index contributed by atoms with van der Waals surface area (Å²) < 4.78 is 0. The lowest BCUT2D eigenvalue weighted by Crippen LogP contribution is -2.40. The number of carbonyl (C=O) groups is 1. The Morgan fingerprint density at radius 2 is 1.76 bits per heavy atom. The Balaban J connectivity index is 0.00000576. The van der Waals surface area contributed by atoms with Gasteiger partial charge >= 0.3 is 0 Å². The van der Waals surface area contributed by atoms with Gasteiger partial charge in [-0.3, -0.25) is 9.79 Å². The molecule has 0 fully saturated rings. The van der Waals surface area contributed by atoms with Crippen LogP contribution in [-0.4, -0.2) is 44.5 Å². The molecule has 1 amide bonds. The summed E-state index contributed by atoms with van der Waals surface area (Å²) in [7, 11) is 5.27. The van der Waals surface area contributed by atoms with Crippen LogP contribution in [0.2, 0.25) is 0 Å². The van der Waals surface area contributed by atoms with Crippen LogP contribution in [0.4, 0.5) is 0 Å². The van der Waals surface area contributed by atoms with Crippen LogP contribution in [-0.2, 0) is 11.2 Å².